The summed E-state index contributed by atoms with van der Waals surface area (Å²) >= 11 is 0. The summed E-state index contributed by atoms with van der Waals surface area (Å²) in [5.74, 6) is -0.687. The number of rotatable bonds is 2. The van der Waals surface area contributed by atoms with Gasteiger partial charge >= 0.3 is 6.18 Å². The van der Waals surface area contributed by atoms with Crippen molar-refractivity contribution in [1.82, 2.24) is 0 Å². The van der Waals surface area contributed by atoms with Gasteiger partial charge in [0.2, 0.25) is 0 Å². The van der Waals surface area contributed by atoms with Crippen LogP contribution in [-0.4, -0.2) is 5.91 Å². The smallest absolute Gasteiger partial charge is 0.416 e. The van der Waals surface area contributed by atoms with E-state index in [0.717, 1.165) is 18.2 Å². The third-order valence-corrected chi connectivity index (χ3v) is 2.37. The lowest BCUT2D eigenvalue weighted by Gasteiger charge is -2.11. The minimum absolute atomic E-state index is 0.0168. The first-order valence-electron chi connectivity index (χ1n) is 5.19. The van der Waals surface area contributed by atoms with Gasteiger partial charge in [-0.3, -0.25) is 4.79 Å². The van der Waals surface area contributed by atoms with Crippen LogP contribution in [0.3, 0.4) is 0 Å². The fourth-order valence-electron chi connectivity index (χ4n) is 1.43. The number of halogens is 3. The van der Waals surface area contributed by atoms with Crippen molar-refractivity contribution < 1.29 is 22.4 Å². The molecule has 4 nitrogen and oxygen atoms in total. The molecule has 0 bridgehead atoms. The number of furan rings is 1. The second kappa shape index (κ2) is 4.68. The molecule has 0 aliphatic carbocycles. The Balaban J connectivity index is 2.27. The monoisotopic (exact) mass is 270 g/mol. The van der Waals surface area contributed by atoms with Crippen molar-refractivity contribution in [2.45, 2.75) is 6.18 Å². The molecular formula is C12H9F3N2O2. The average Bonchev–Trinajstić information content (AvgIpc) is 2.84. The van der Waals surface area contributed by atoms with Crippen LogP contribution in [0.2, 0.25) is 0 Å². The van der Waals surface area contributed by atoms with Crippen molar-refractivity contribution in [2.24, 2.45) is 0 Å². The lowest BCUT2D eigenvalue weighted by atomic mass is 10.1. The Kier molecular flexibility index (Phi) is 3.20. The number of alkyl halides is 3. The Labute approximate surface area is 106 Å². The highest BCUT2D eigenvalue weighted by molar-refractivity contribution is 6.03. The number of benzene rings is 1. The summed E-state index contributed by atoms with van der Waals surface area (Å²) in [5.41, 5.74) is 4.55. The standard InChI is InChI=1S/C12H9F3N2O2/c13-12(14,15)7-3-4-8(16)9(6-7)17-11(18)10-2-1-5-19-10/h1-6H,16H2,(H,17,18). The molecule has 0 aliphatic rings. The highest BCUT2D eigenvalue weighted by atomic mass is 19.4. The topological polar surface area (TPSA) is 68.3 Å². The van der Waals surface area contributed by atoms with Crippen molar-refractivity contribution in [3.63, 3.8) is 0 Å². The Hall–Kier alpha value is -2.44. The van der Waals surface area contributed by atoms with Gasteiger partial charge in [0.25, 0.3) is 5.91 Å². The van der Waals surface area contributed by atoms with Gasteiger partial charge in [0.15, 0.2) is 5.76 Å². The van der Waals surface area contributed by atoms with Crippen LogP contribution in [0.15, 0.2) is 41.0 Å². The zero-order valence-corrected chi connectivity index (χ0v) is 9.49. The van der Waals surface area contributed by atoms with Gasteiger partial charge in [-0.2, -0.15) is 13.2 Å². The Morgan fingerprint density at radius 2 is 2.00 bits per heavy atom. The Morgan fingerprint density at radius 3 is 2.58 bits per heavy atom. The number of anilines is 2. The molecule has 0 fully saturated rings. The fourth-order valence-corrected chi connectivity index (χ4v) is 1.43. The van der Waals surface area contributed by atoms with E-state index in [4.69, 9.17) is 10.2 Å². The third kappa shape index (κ3) is 2.87. The molecule has 2 rings (SSSR count). The molecule has 0 saturated carbocycles. The van der Waals surface area contributed by atoms with Crippen LogP contribution in [0.4, 0.5) is 24.5 Å². The highest BCUT2D eigenvalue weighted by Crippen LogP contribution is 2.33. The number of carbonyl (C=O) groups is 1. The molecule has 19 heavy (non-hydrogen) atoms. The van der Waals surface area contributed by atoms with Crippen molar-refractivity contribution in [1.29, 1.82) is 0 Å². The maximum Gasteiger partial charge on any atom is 0.416 e. The van der Waals surface area contributed by atoms with Crippen LogP contribution in [0, 0.1) is 0 Å². The van der Waals surface area contributed by atoms with E-state index in [0.29, 0.717) is 0 Å². The normalized spacial score (nSPS) is 11.3. The molecule has 1 heterocycles. The molecule has 2 aromatic rings. The SMILES string of the molecule is Nc1ccc(C(F)(F)F)cc1NC(=O)c1ccco1. The average molecular weight is 270 g/mol. The van der Waals surface area contributed by atoms with Crippen molar-refractivity contribution in [2.75, 3.05) is 11.1 Å². The minimum atomic E-state index is -4.50. The van der Waals surface area contributed by atoms with E-state index in [1.807, 2.05) is 0 Å². The first kappa shape index (κ1) is 13.0. The van der Waals surface area contributed by atoms with E-state index >= 15 is 0 Å². The van der Waals surface area contributed by atoms with E-state index in [1.54, 1.807) is 0 Å². The second-order valence-corrected chi connectivity index (χ2v) is 3.73. The van der Waals surface area contributed by atoms with Gasteiger partial charge in [-0.1, -0.05) is 0 Å². The van der Waals surface area contributed by atoms with Crippen LogP contribution < -0.4 is 11.1 Å². The molecule has 0 aliphatic heterocycles. The number of hydrogen-bond donors (Lipinski definition) is 2. The Bertz CT molecular complexity index is 592. The maximum absolute atomic E-state index is 12.5. The van der Waals surface area contributed by atoms with Crippen LogP contribution in [0.5, 0.6) is 0 Å². The largest absolute Gasteiger partial charge is 0.459 e. The summed E-state index contributed by atoms with van der Waals surface area (Å²) in [5, 5.41) is 2.27. The number of nitrogens with two attached hydrogens (primary N) is 1. The lowest BCUT2D eigenvalue weighted by Crippen LogP contribution is -2.14. The summed E-state index contributed by atoms with van der Waals surface area (Å²) in [4.78, 5) is 11.6. The first-order chi connectivity index (χ1) is 8.88. The molecule has 1 aromatic heterocycles. The van der Waals surface area contributed by atoms with Crippen LogP contribution in [0.25, 0.3) is 0 Å². The maximum atomic E-state index is 12.5. The number of nitrogen functional groups attached to an aromatic ring is 1. The van der Waals surface area contributed by atoms with Gasteiger partial charge in [0.1, 0.15) is 0 Å². The van der Waals surface area contributed by atoms with Gasteiger partial charge in [0, 0.05) is 0 Å². The van der Waals surface area contributed by atoms with Gasteiger partial charge in [0.05, 0.1) is 23.2 Å². The number of amides is 1. The van der Waals surface area contributed by atoms with Crippen LogP contribution in [-0.2, 0) is 6.18 Å². The molecule has 100 valence electrons. The van der Waals surface area contributed by atoms with Crippen molar-refractivity contribution >= 4 is 17.3 Å². The van der Waals surface area contributed by atoms with Gasteiger partial charge in [-0.15, -0.1) is 0 Å². The fraction of sp³-hybridized carbons (Fsp3) is 0.0833. The molecule has 1 amide bonds. The van der Waals surface area contributed by atoms with E-state index in [2.05, 4.69) is 5.32 Å². The third-order valence-electron chi connectivity index (χ3n) is 2.37. The number of carbonyl (C=O) groups excluding carboxylic acids is 1. The zero-order chi connectivity index (χ0) is 14.0. The van der Waals surface area contributed by atoms with Gasteiger partial charge < -0.3 is 15.5 Å². The predicted octanol–water partition coefficient (Wildman–Crippen LogP) is 3.13. The minimum Gasteiger partial charge on any atom is -0.459 e. The molecule has 0 radical (unpaired) electrons. The van der Waals surface area contributed by atoms with E-state index in [1.165, 1.54) is 18.4 Å². The summed E-state index contributed by atoms with van der Waals surface area (Å²) in [7, 11) is 0. The summed E-state index contributed by atoms with van der Waals surface area (Å²) in [6.07, 6.45) is -3.22. The summed E-state index contributed by atoms with van der Waals surface area (Å²) in [6, 6.07) is 5.58. The Morgan fingerprint density at radius 1 is 1.26 bits per heavy atom. The summed E-state index contributed by atoms with van der Waals surface area (Å²) < 4.78 is 42.4. The quantitative estimate of drug-likeness (QED) is 0.824. The second-order valence-electron chi connectivity index (χ2n) is 3.73. The molecule has 7 heteroatoms. The molecule has 0 unspecified atom stereocenters. The molecule has 3 N–H and O–H groups in total. The van der Waals surface area contributed by atoms with E-state index in [-0.39, 0.29) is 17.1 Å². The van der Waals surface area contributed by atoms with Gasteiger partial charge in [-0.25, -0.2) is 0 Å². The number of nitrogens with one attached hydrogen (secondary N) is 1. The van der Waals surface area contributed by atoms with Crippen molar-refractivity contribution in [3.05, 3.63) is 47.9 Å². The highest BCUT2D eigenvalue weighted by Gasteiger charge is 2.31. The molecule has 0 spiro atoms. The molecule has 0 atom stereocenters. The number of hydrogen-bond acceptors (Lipinski definition) is 3. The lowest BCUT2D eigenvalue weighted by molar-refractivity contribution is -0.137. The van der Waals surface area contributed by atoms with E-state index in [9.17, 15) is 18.0 Å². The first-order valence-corrected chi connectivity index (χ1v) is 5.19. The summed E-state index contributed by atoms with van der Waals surface area (Å²) in [6.45, 7) is 0. The van der Waals surface area contributed by atoms with Gasteiger partial charge in [-0.05, 0) is 30.3 Å². The zero-order valence-electron chi connectivity index (χ0n) is 9.49. The van der Waals surface area contributed by atoms with Crippen molar-refractivity contribution in [3.8, 4) is 0 Å². The molecule has 0 saturated heterocycles. The molecular weight excluding hydrogens is 261 g/mol. The van der Waals surface area contributed by atoms with E-state index < -0.39 is 17.6 Å². The molecule has 1 aromatic carbocycles. The van der Waals surface area contributed by atoms with Crippen LogP contribution >= 0.6 is 0 Å². The predicted molar refractivity (Wildman–Crippen MR) is 62.5 cm³/mol. The van der Waals surface area contributed by atoms with Crippen LogP contribution in [0.1, 0.15) is 16.1 Å².